The van der Waals surface area contributed by atoms with Gasteiger partial charge in [-0.2, -0.15) is 0 Å². The first kappa shape index (κ1) is 20.0. The molecule has 0 bridgehead atoms. The molecule has 3 aromatic rings. The van der Waals surface area contributed by atoms with Crippen molar-refractivity contribution in [3.63, 3.8) is 0 Å². The van der Waals surface area contributed by atoms with Crippen molar-refractivity contribution in [2.24, 2.45) is 0 Å². The molecule has 0 spiro atoms. The van der Waals surface area contributed by atoms with E-state index < -0.39 is 0 Å². The van der Waals surface area contributed by atoms with E-state index in [9.17, 15) is 4.79 Å². The maximum Gasteiger partial charge on any atom is 0.153 e. The third kappa shape index (κ3) is 4.48. The van der Waals surface area contributed by atoms with Gasteiger partial charge in [0.2, 0.25) is 0 Å². The Morgan fingerprint density at radius 1 is 0.800 bits per heavy atom. The number of ether oxygens (including phenoxy) is 1. The van der Waals surface area contributed by atoms with Crippen molar-refractivity contribution in [1.82, 2.24) is 0 Å². The number of hydrogen-bond acceptors (Lipinski definition) is 4. The number of hydrogen-bond donors (Lipinski definition) is 0. The predicted octanol–water partition coefficient (Wildman–Crippen LogP) is 4.62. The first-order valence-electron chi connectivity index (χ1n) is 10.5. The molecule has 0 unspecified atom stereocenters. The van der Waals surface area contributed by atoms with Gasteiger partial charge in [-0.3, -0.25) is 4.79 Å². The smallest absolute Gasteiger partial charge is 0.153 e. The van der Waals surface area contributed by atoms with Crippen molar-refractivity contribution in [1.29, 1.82) is 0 Å². The summed E-state index contributed by atoms with van der Waals surface area (Å²) in [7, 11) is 1.62. The quantitative estimate of drug-likeness (QED) is 0.517. The van der Waals surface area contributed by atoms with Crippen molar-refractivity contribution < 1.29 is 9.53 Å². The fourth-order valence-corrected chi connectivity index (χ4v) is 4.11. The topological polar surface area (TPSA) is 32.8 Å². The molecule has 0 amide bonds. The molecule has 1 aliphatic heterocycles. The molecule has 4 heteroatoms. The Morgan fingerprint density at radius 2 is 1.30 bits per heavy atom. The Morgan fingerprint density at radius 3 is 1.77 bits per heavy atom. The number of fused-ring (bicyclic) bond motifs is 1. The third-order valence-electron chi connectivity index (χ3n) is 5.80. The highest BCUT2D eigenvalue weighted by Gasteiger charge is 2.24. The number of nitrogens with zero attached hydrogens (tertiary/aromatic N) is 2. The molecular weight excluding hydrogens is 372 g/mol. The summed E-state index contributed by atoms with van der Waals surface area (Å²) in [4.78, 5) is 16.4. The molecule has 154 valence electrons. The van der Waals surface area contributed by atoms with Crippen LogP contribution in [-0.4, -0.2) is 39.6 Å². The minimum atomic E-state index is 0.603. The molecule has 0 aliphatic carbocycles. The number of aldehydes is 1. The Kier molecular flexibility index (Phi) is 6.33. The molecule has 30 heavy (non-hydrogen) atoms. The first-order chi connectivity index (χ1) is 14.8. The lowest BCUT2D eigenvalue weighted by molar-refractivity contribution is 0.112. The summed E-state index contributed by atoms with van der Waals surface area (Å²) in [6, 6.07) is 25.1. The van der Waals surface area contributed by atoms with Gasteiger partial charge in [0.1, 0.15) is 5.75 Å². The molecule has 4 nitrogen and oxygen atoms in total. The van der Waals surface area contributed by atoms with Gasteiger partial charge >= 0.3 is 0 Å². The SMILES string of the molecule is COc1cc2c(cc1C=O)N(CCc1ccccc1)CCN2CCc1ccccc1. The molecule has 1 heterocycles. The van der Waals surface area contributed by atoms with Crippen LogP contribution in [0.1, 0.15) is 21.5 Å². The molecule has 3 aromatic carbocycles. The van der Waals surface area contributed by atoms with E-state index >= 15 is 0 Å². The van der Waals surface area contributed by atoms with Gasteiger partial charge in [-0.25, -0.2) is 0 Å². The zero-order chi connectivity index (χ0) is 20.8. The molecule has 0 radical (unpaired) electrons. The van der Waals surface area contributed by atoms with Crippen LogP contribution >= 0.6 is 0 Å². The Hall–Kier alpha value is -3.27. The van der Waals surface area contributed by atoms with Crippen LogP contribution < -0.4 is 14.5 Å². The van der Waals surface area contributed by atoms with E-state index in [1.165, 1.54) is 11.1 Å². The number of anilines is 2. The third-order valence-corrected chi connectivity index (χ3v) is 5.80. The van der Waals surface area contributed by atoms with E-state index in [4.69, 9.17) is 4.74 Å². The molecule has 1 aliphatic rings. The van der Waals surface area contributed by atoms with Crippen molar-refractivity contribution in [3.05, 3.63) is 89.5 Å². The molecule has 0 fully saturated rings. The van der Waals surface area contributed by atoms with Crippen LogP contribution in [0.15, 0.2) is 72.8 Å². The average Bonchev–Trinajstić information content (AvgIpc) is 2.82. The van der Waals surface area contributed by atoms with Crippen LogP contribution in [0.25, 0.3) is 0 Å². The number of benzene rings is 3. The highest BCUT2D eigenvalue weighted by Crippen LogP contribution is 2.38. The molecule has 0 atom stereocenters. The number of methoxy groups -OCH3 is 1. The van der Waals surface area contributed by atoms with Gasteiger partial charge in [-0.1, -0.05) is 60.7 Å². The van der Waals surface area contributed by atoms with E-state index in [0.717, 1.165) is 56.7 Å². The first-order valence-corrected chi connectivity index (χ1v) is 10.5. The number of carbonyl (C=O) groups excluding carboxylic acids is 1. The average molecular weight is 401 g/mol. The van der Waals surface area contributed by atoms with Crippen LogP contribution in [0.5, 0.6) is 5.75 Å². The van der Waals surface area contributed by atoms with Crippen molar-refractivity contribution in [2.75, 3.05) is 43.1 Å². The summed E-state index contributed by atoms with van der Waals surface area (Å²) in [5, 5.41) is 0. The van der Waals surface area contributed by atoms with Gasteiger partial charge in [0.05, 0.1) is 24.0 Å². The summed E-state index contributed by atoms with van der Waals surface area (Å²) in [5.41, 5.74) is 5.53. The molecule has 0 aromatic heterocycles. The van der Waals surface area contributed by atoms with Crippen LogP contribution in [0.2, 0.25) is 0 Å². The standard InChI is InChI=1S/C26H28N2O2/c1-30-26-19-25-24(18-23(26)20-29)27(14-12-21-8-4-2-5-9-21)16-17-28(25)15-13-22-10-6-3-7-11-22/h2-11,18-20H,12-17H2,1H3. The van der Waals surface area contributed by atoms with Gasteiger partial charge in [-0.05, 0) is 30.0 Å². The molecule has 4 rings (SSSR count). The van der Waals surface area contributed by atoms with Gasteiger partial charge in [0.25, 0.3) is 0 Å². The Bertz CT molecular complexity index is 973. The van der Waals surface area contributed by atoms with Crippen LogP contribution in [0.3, 0.4) is 0 Å². The van der Waals surface area contributed by atoms with Crippen LogP contribution in [0, 0.1) is 0 Å². The highest BCUT2D eigenvalue weighted by atomic mass is 16.5. The summed E-state index contributed by atoms with van der Waals surface area (Å²) in [5.74, 6) is 0.637. The van der Waals surface area contributed by atoms with E-state index in [-0.39, 0.29) is 0 Å². The summed E-state index contributed by atoms with van der Waals surface area (Å²) < 4.78 is 5.50. The normalized spacial score (nSPS) is 13.1. The Balaban J connectivity index is 1.58. The van der Waals surface area contributed by atoms with E-state index in [1.807, 2.05) is 18.2 Å². The lowest BCUT2D eigenvalue weighted by Crippen LogP contribution is -2.43. The lowest BCUT2D eigenvalue weighted by Gasteiger charge is -2.39. The minimum absolute atomic E-state index is 0.603. The second-order valence-electron chi connectivity index (χ2n) is 7.65. The van der Waals surface area contributed by atoms with Crippen LogP contribution in [0.4, 0.5) is 11.4 Å². The van der Waals surface area contributed by atoms with Gasteiger partial charge in [0.15, 0.2) is 6.29 Å². The monoisotopic (exact) mass is 400 g/mol. The summed E-state index contributed by atoms with van der Waals surface area (Å²) in [6.45, 7) is 3.76. The van der Waals surface area contributed by atoms with Gasteiger partial charge in [0, 0.05) is 32.2 Å². The van der Waals surface area contributed by atoms with Crippen molar-refractivity contribution in [2.45, 2.75) is 12.8 Å². The van der Waals surface area contributed by atoms with E-state index in [2.05, 4.69) is 64.4 Å². The summed E-state index contributed by atoms with van der Waals surface area (Å²) in [6.07, 6.45) is 2.85. The van der Waals surface area contributed by atoms with Gasteiger partial charge < -0.3 is 14.5 Å². The Labute approximate surface area is 178 Å². The zero-order valence-corrected chi connectivity index (χ0v) is 17.5. The fourth-order valence-electron chi connectivity index (χ4n) is 4.11. The highest BCUT2D eigenvalue weighted by molar-refractivity contribution is 5.87. The van der Waals surface area contributed by atoms with Crippen molar-refractivity contribution >= 4 is 17.7 Å². The minimum Gasteiger partial charge on any atom is -0.496 e. The maximum absolute atomic E-state index is 11.6. The molecule has 0 N–H and O–H groups in total. The molecule has 0 saturated carbocycles. The van der Waals surface area contributed by atoms with Crippen molar-refractivity contribution in [3.8, 4) is 5.75 Å². The van der Waals surface area contributed by atoms with Gasteiger partial charge in [-0.15, -0.1) is 0 Å². The number of carbonyl (C=O) groups is 1. The van der Waals surface area contributed by atoms with E-state index in [1.54, 1.807) is 7.11 Å². The summed E-state index contributed by atoms with van der Waals surface area (Å²) >= 11 is 0. The predicted molar refractivity (Wildman–Crippen MR) is 123 cm³/mol. The van der Waals surface area contributed by atoms with E-state index in [0.29, 0.717) is 11.3 Å². The fraction of sp³-hybridized carbons (Fsp3) is 0.269. The molecular formula is C26H28N2O2. The second-order valence-corrected chi connectivity index (χ2v) is 7.65. The van der Waals surface area contributed by atoms with Crippen LogP contribution in [-0.2, 0) is 12.8 Å². The lowest BCUT2D eigenvalue weighted by atomic mass is 10.1. The maximum atomic E-state index is 11.6. The zero-order valence-electron chi connectivity index (χ0n) is 17.5. The second kappa shape index (κ2) is 9.49. The number of rotatable bonds is 8. The largest absolute Gasteiger partial charge is 0.496 e. The molecule has 0 saturated heterocycles.